The molecule has 0 N–H and O–H groups in total. The molecule has 0 aromatic heterocycles. The van der Waals surface area contributed by atoms with Gasteiger partial charge in [-0.25, -0.2) is 0 Å². The molecule has 1 fully saturated rings. The summed E-state index contributed by atoms with van der Waals surface area (Å²) in [5.41, 5.74) is 5.81. The Hall–Kier alpha value is -0.727. The molecule has 0 atom stereocenters. The molecule has 2 rings (SSSR count). The van der Waals surface area contributed by atoms with Gasteiger partial charge in [-0.15, -0.1) is 0 Å². The molecule has 0 bridgehead atoms. The van der Waals surface area contributed by atoms with E-state index in [2.05, 4.69) is 52.1 Å². The van der Waals surface area contributed by atoms with Gasteiger partial charge >= 0.3 is 88.1 Å². The molecule has 0 spiro atoms. The van der Waals surface area contributed by atoms with Crippen LogP contribution in [0.3, 0.4) is 0 Å². The topological polar surface area (TPSA) is 0 Å². The minimum atomic E-state index is 0.734. The van der Waals surface area contributed by atoms with Crippen LogP contribution in [0.4, 0.5) is 0 Å². The molecule has 0 heterocycles. The van der Waals surface area contributed by atoms with Gasteiger partial charge in [-0.1, -0.05) is 0 Å². The maximum atomic E-state index is 3.20. The Labute approximate surface area is 88.2 Å². The summed E-state index contributed by atoms with van der Waals surface area (Å²) in [4.78, 5) is 0. The fourth-order valence-electron chi connectivity index (χ4n) is 1.45. The molecule has 1 aliphatic rings. The number of allylic oxidation sites excluding steroid dienone is 1. The van der Waals surface area contributed by atoms with Crippen LogP contribution in [0.1, 0.15) is 18.4 Å². The van der Waals surface area contributed by atoms with E-state index in [0.717, 1.165) is 5.92 Å². The van der Waals surface area contributed by atoms with Gasteiger partial charge in [-0.05, 0) is 0 Å². The van der Waals surface area contributed by atoms with Crippen molar-refractivity contribution in [2.45, 2.75) is 12.8 Å². The van der Waals surface area contributed by atoms with E-state index in [1.165, 1.54) is 24.0 Å². The summed E-state index contributed by atoms with van der Waals surface area (Å²) < 4.78 is 2.93. The fraction of sp³-hybridized carbons (Fsp3) is 0.250. The van der Waals surface area contributed by atoms with Gasteiger partial charge in [0.1, 0.15) is 0 Å². The van der Waals surface area contributed by atoms with Gasteiger partial charge < -0.3 is 0 Å². The molecular weight excluding hydrogens is 245 g/mol. The Kier molecular flexibility index (Phi) is 2.72. The number of hydrogen-bond donors (Lipinski definition) is 0. The number of hydrogen-bond acceptors (Lipinski definition) is 0. The van der Waals surface area contributed by atoms with Crippen LogP contribution in [0.2, 0.25) is 0 Å². The fourth-order valence-corrected chi connectivity index (χ4v) is 1.68. The van der Waals surface area contributed by atoms with Gasteiger partial charge in [0.25, 0.3) is 0 Å². The first-order valence-electron chi connectivity index (χ1n) is 4.44. The standard InChI is InChI=1S/C12H10.Ru/c1-2-12(11-8-9-11)10-6-4-3-5-7-10;/h3-7,11H,8-9H2;/q;+1. The number of rotatable bonds is 2. The predicted molar refractivity (Wildman–Crippen MR) is 51.1 cm³/mol. The molecule has 1 aliphatic carbocycles. The Morgan fingerprint density at radius 3 is 2.46 bits per heavy atom. The second-order valence-electron chi connectivity index (χ2n) is 3.27. The average Bonchev–Trinajstić information content (AvgIpc) is 2.99. The third-order valence-electron chi connectivity index (χ3n) is 2.25. The van der Waals surface area contributed by atoms with Crippen LogP contribution in [-0.2, 0) is 17.9 Å². The van der Waals surface area contributed by atoms with Crippen molar-refractivity contribution in [3.8, 4) is 0 Å². The molecule has 0 nitrogen and oxygen atoms in total. The SMILES string of the molecule is [Ru+]=[C]=C=C(c1ccccc1)C1CC1. The minimum absolute atomic E-state index is 0.734. The van der Waals surface area contributed by atoms with E-state index in [1.807, 2.05) is 6.07 Å². The summed E-state index contributed by atoms with van der Waals surface area (Å²) in [5.74, 6) is 0.734. The van der Waals surface area contributed by atoms with Crippen molar-refractivity contribution < 1.29 is 17.9 Å². The van der Waals surface area contributed by atoms with Crippen molar-refractivity contribution in [2.24, 2.45) is 5.92 Å². The predicted octanol–water partition coefficient (Wildman–Crippen LogP) is 2.58. The van der Waals surface area contributed by atoms with E-state index >= 15 is 0 Å². The van der Waals surface area contributed by atoms with Crippen LogP contribution in [0.15, 0.2) is 36.1 Å². The van der Waals surface area contributed by atoms with Crippen LogP contribution in [0.5, 0.6) is 0 Å². The molecule has 1 heteroatoms. The molecule has 65 valence electrons. The molecule has 1 saturated carbocycles. The first-order chi connectivity index (χ1) is 6.42. The summed E-state index contributed by atoms with van der Waals surface area (Å²) >= 11 is 2.38. The van der Waals surface area contributed by atoms with E-state index < -0.39 is 0 Å². The van der Waals surface area contributed by atoms with Crippen LogP contribution < -0.4 is 0 Å². The van der Waals surface area contributed by atoms with Crippen molar-refractivity contribution >= 4 is 9.84 Å². The Morgan fingerprint density at radius 1 is 1.23 bits per heavy atom. The van der Waals surface area contributed by atoms with Gasteiger partial charge in [0, 0.05) is 0 Å². The van der Waals surface area contributed by atoms with Gasteiger partial charge in [-0.2, -0.15) is 0 Å². The summed E-state index contributed by atoms with van der Waals surface area (Å²) in [6, 6.07) is 10.5. The normalized spacial score (nSPS) is 14.5. The summed E-state index contributed by atoms with van der Waals surface area (Å²) in [6.07, 6.45) is 2.62. The molecule has 0 saturated heterocycles. The van der Waals surface area contributed by atoms with Crippen LogP contribution in [0, 0.1) is 5.92 Å². The van der Waals surface area contributed by atoms with Crippen LogP contribution >= 0.6 is 0 Å². The summed E-state index contributed by atoms with van der Waals surface area (Å²) in [6.45, 7) is 0. The Bertz CT molecular complexity index is 375. The first kappa shape index (κ1) is 8.85. The summed E-state index contributed by atoms with van der Waals surface area (Å²) in [7, 11) is 0. The Morgan fingerprint density at radius 2 is 1.92 bits per heavy atom. The molecule has 1 aromatic carbocycles. The van der Waals surface area contributed by atoms with Crippen molar-refractivity contribution in [3.63, 3.8) is 0 Å². The van der Waals surface area contributed by atoms with Crippen molar-refractivity contribution in [1.29, 1.82) is 0 Å². The van der Waals surface area contributed by atoms with E-state index in [-0.39, 0.29) is 0 Å². The van der Waals surface area contributed by atoms with Gasteiger partial charge in [0.15, 0.2) is 0 Å². The van der Waals surface area contributed by atoms with E-state index in [1.54, 1.807) is 0 Å². The Balaban J connectivity index is 2.42. The van der Waals surface area contributed by atoms with Crippen LogP contribution in [-0.4, -0.2) is 4.26 Å². The maximum absolute atomic E-state index is 3.20. The van der Waals surface area contributed by atoms with Gasteiger partial charge in [0.2, 0.25) is 0 Å². The third-order valence-corrected chi connectivity index (χ3v) is 2.47. The number of benzene rings is 1. The second kappa shape index (κ2) is 3.99. The summed E-state index contributed by atoms with van der Waals surface area (Å²) in [5, 5.41) is 0. The zero-order valence-electron chi connectivity index (χ0n) is 7.23. The van der Waals surface area contributed by atoms with E-state index in [4.69, 9.17) is 0 Å². The van der Waals surface area contributed by atoms with Crippen molar-refractivity contribution in [2.75, 3.05) is 0 Å². The van der Waals surface area contributed by atoms with Gasteiger partial charge in [0.05, 0.1) is 0 Å². The van der Waals surface area contributed by atoms with Crippen molar-refractivity contribution in [1.82, 2.24) is 0 Å². The third kappa shape index (κ3) is 2.14. The van der Waals surface area contributed by atoms with E-state index in [9.17, 15) is 0 Å². The quantitative estimate of drug-likeness (QED) is 0.563. The average molecular weight is 255 g/mol. The van der Waals surface area contributed by atoms with Crippen molar-refractivity contribution in [3.05, 3.63) is 41.6 Å². The second-order valence-corrected chi connectivity index (χ2v) is 3.70. The molecule has 13 heavy (non-hydrogen) atoms. The molecule has 1 aromatic rings. The molecule has 0 aliphatic heterocycles. The molecular formula is C12H10Ru+. The first-order valence-corrected chi connectivity index (χ1v) is 5.31. The molecule has 0 amide bonds. The van der Waals surface area contributed by atoms with Crippen LogP contribution in [0.25, 0.3) is 5.57 Å². The molecule has 0 unspecified atom stereocenters. The van der Waals surface area contributed by atoms with E-state index in [0.29, 0.717) is 0 Å². The zero-order chi connectivity index (χ0) is 9.10. The van der Waals surface area contributed by atoms with Gasteiger partial charge in [-0.3, -0.25) is 0 Å². The monoisotopic (exact) mass is 256 g/mol. The molecule has 0 radical (unpaired) electrons. The zero-order valence-corrected chi connectivity index (χ0v) is 8.97.